The molecular formula is C29H36O11. The molecule has 11 nitrogen and oxygen atoms in total. The predicted octanol–water partition coefficient (Wildman–Crippen LogP) is 0.215. The first kappa shape index (κ1) is 26.7. The zero-order valence-corrected chi connectivity index (χ0v) is 23.2. The maximum absolute atomic E-state index is 14.7. The van der Waals surface area contributed by atoms with Crippen molar-refractivity contribution in [3.8, 4) is 0 Å². The number of aliphatic hydroxyl groups excluding tert-OH is 1. The normalized spacial score (nSPS) is 59.7. The lowest BCUT2D eigenvalue weighted by atomic mass is 9.46. The highest BCUT2D eigenvalue weighted by Gasteiger charge is 2.92. The van der Waals surface area contributed by atoms with E-state index in [1.165, 1.54) is 20.1 Å². The van der Waals surface area contributed by atoms with E-state index in [1.807, 2.05) is 0 Å². The Balaban J connectivity index is 1.48. The van der Waals surface area contributed by atoms with E-state index < -0.39 is 99.0 Å². The predicted molar refractivity (Wildman–Crippen MR) is 132 cm³/mol. The lowest BCUT2D eigenvalue weighted by molar-refractivity contribution is -0.352. The highest BCUT2D eigenvalue weighted by molar-refractivity contribution is 5.99. The van der Waals surface area contributed by atoms with Gasteiger partial charge in [-0.3, -0.25) is 14.4 Å². The molecule has 4 bridgehead atoms. The number of carbonyl (C=O) groups excluding carboxylic acids is 4. The molecule has 7 aliphatic rings. The maximum atomic E-state index is 14.7. The fourth-order valence-electron chi connectivity index (χ4n) is 10.3. The molecule has 3 N–H and O–H groups in total. The number of esters is 2. The van der Waals surface area contributed by atoms with Crippen molar-refractivity contribution in [2.24, 2.45) is 40.4 Å². The number of fused-ring (bicyclic) bond motifs is 9. The van der Waals surface area contributed by atoms with Gasteiger partial charge >= 0.3 is 11.9 Å². The number of rotatable bonds is 1. The van der Waals surface area contributed by atoms with Gasteiger partial charge in [0.1, 0.15) is 6.10 Å². The molecule has 4 saturated heterocycles. The molecular weight excluding hydrogens is 524 g/mol. The second-order valence-corrected chi connectivity index (χ2v) is 13.8. The molecule has 0 amide bonds. The summed E-state index contributed by atoms with van der Waals surface area (Å²) in [7, 11) is 1.48. The largest absolute Gasteiger partial charge is 0.458 e. The van der Waals surface area contributed by atoms with Crippen molar-refractivity contribution in [2.75, 3.05) is 7.11 Å². The van der Waals surface area contributed by atoms with Gasteiger partial charge in [-0.2, -0.15) is 0 Å². The molecule has 2 saturated carbocycles. The van der Waals surface area contributed by atoms with Gasteiger partial charge in [-0.25, -0.2) is 4.79 Å². The van der Waals surface area contributed by atoms with Crippen LogP contribution in [0.5, 0.6) is 0 Å². The van der Waals surface area contributed by atoms with E-state index >= 15 is 0 Å². The number of aliphatic hydroxyl groups is 3. The van der Waals surface area contributed by atoms with Crippen molar-refractivity contribution in [3.63, 3.8) is 0 Å². The summed E-state index contributed by atoms with van der Waals surface area (Å²) in [5.74, 6) is -9.87. The highest BCUT2D eigenvalue weighted by Crippen LogP contribution is 2.73. The van der Waals surface area contributed by atoms with Crippen LogP contribution in [0.2, 0.25) is 0 Å². The van der Waals surface area contributed by atoms with Crippen LogP contribution in [0.1, 0.15) is 53.4 Å². The maximum Gasteiger partial charge on any atom is 0.342 e. The smallest absolute Gasteiger partial charge is 0.342 e. The van der Waals surface area contributed by atoms with Crippen LogP contribution in [-0.4, -0.2) is 86.8 Å². The molecule has 40 heavy (non-hydrogen) atoms. The topological polar surface area (TPSA) is 166 Å². The summed E-state index contributed by atoms with van der Waals surface area (Å²) in [6, 6.07) is 0. The zero-order chi connectivity index (χ0) is 29.0. The standard InChI is InChI=1S/C29H36O11/c1-12-22(33)38-18-11-24(12,2)20-21(32)28(36)14-10-15(30)19-16(37-5)6-7-17(31)25(19,3)13(14)8-9-27(35)23(34)39-26(18,4)29(20,27)40-28/h6-7,12-16,18-20,30,35-36H,8-11H2,1-5H3/t12-,13?,14?,15?,16+,18+,19?,20?,24+,25-,26-,27?,28+,29-/m0/s1. The van der Waals surface area contributed by atoms with Crippen molar-refractivity contribution in [2.45, 2.75) is 94.3 Å². The number of ether oxygens (including phenoxy) is 4. The Morgan fingerprint density at radius 3 is 2.45 bits per heavy atom. The molecule has 1 spiro atoms. The van der Waals surface area contributed by atoms with E-state index in [0.717, 1.165) is 0 Å². The molecule has 6 unspecified atom stereocenters. The van der Waals surface area contributed by atoms with Gasteiger partial charge in [-0.05, 0) is 50.0 Å². The Morgan fingerprint density at radius 1 is 1.07 bits per heavy atom. The van der Waals surface area contributed by atoms with Crippen LogP contribution in [0.15, 0.2) is 12.2 Å². The van der Waals surface area contributed by atoms with E-state index in [1.54, 1.807) is 26.8 Å². The lowest BCUT2D eigenvalue weighted by Crippen LogP contribution is -2.78. The van der Waals surface area contributed by atoms with Gasteiger partial charge in [0.15, 0.2) is 28.4 Å². The van der Waals surface area contributed by atoms with Gasteiger partial charge in [0.05, 0.1) is 24.0 Å². The second kappa shape index (κ2) is 7.42. The number of hydrogen-bond donors (Lipinski definition) is 3. The molecule has 6 fully saturated rings. The lowest BCUT2D eigenvalue weighted by Gasteiger charge is -2.62. The first-order chi connectivity index (χ1) is 18.6. The van der Waals surface area contributed by atoms with Crippen molar-refractivity contribution >= 4 is 23.5 Å². The minimum atomic E-state index is -2.58. The van der Waals surface area contributed by atoms with E-state index in [-0.39, 0.29) is 31.5 Å². The van der Waals surface area contributed by atoms with E-state index in [2.05, 4.69) is 0 Å². The minimum absolute atomic E-state index is 0.0617. The first-order valence-corrected chi connectivity index (χ1v) is 14.1. The summed E-state index contributed by atoms with van der Waals surface area (Å²) in [4.78, 5) is 55.1. The number of Topliss-reactive ketones (excluding diaryl/α,β-unsaturated/α-hetero) is 1. The Hall–Kier alpha value is -2.18. The van der Waals surface area contributed by atoms with Gasteiger partial charge in [0, 0.05) is 24.4 Å². The molecule has 11 heteroatoms. The minimum Gasteiger partial charge on any atom is -0.458 e. The molecule has 4 aliphatic heterocycles. The van der Waals surface area contributed by atoms with Crippen molar-refractivity contribution in [3.05, 3.63) is 12.2 Å². The Labute approximate surface area is 231 Å². The summed E-state index contributed by atoms with van der Waals surface area (Å²) in [6.07, 6.45) is 0.168. The number of hydrogen-bond acceptors (Lipinski definition) is 11. The molecule has 0 aromatic carbocycles. The van der Waals surface area contributed by atoms with Crippen LogP contribution < -0.4 is 0 Å². The third-order valence-electron chi connectivity index (χ3n) is 12.6. The van der Waals surface area contributed by atoms with Crippen LogP contribution in [0, 0.1) is 40.4 Å². The quantitative estimate of drug-likeness (QED) is 0.376. The molecule has 218 valence electrons. The van der Waals surface area contributed by atoms with Crippen LogP contribution >= 0.6 is 0 Å². The number of allylic oxidation sites excluding steroid dienone is 1. The van der Waals surface area contributed by atoms with Gasteiger partial charge in [0.25, 0.3) is 0 Å². The summed E-state index contributed by atoms with van der Waals surface area (Å²) in [5.41, 5.74) is -8.65. The van der Waals surface area contributed by atoms with Crippen LogP contribution in [0.3, 0.4) is 0 Å². The Kier molecular flexibility index (Phi) is 4.95. The Morgan fingerprint density at radius 2 is 1.77 bits per heavy atom. The monoisotopic (exact) mass is 560 g/mol. The highest BCUT2D eigenvalue weighted by atomic mass is 16.7. The summed E-state index contributed by atoms with van der Waals surface area (Å²) in [6.45, 7) is 6.54. The first-order valence-electron chi connectivity index (χ1n) is 14.1. The van der Waals surface area contributed by atoms with E-state index in [9.17, 15) is 34.5 Å². The number of carbonyl (C=O) groups is 4. The summed E-state index contributed by atoms with van der Waals surface area (Å²) in [5, 5.41) is 36.3. The van der Waals surface area contributed by atoms with Crippen molar-refractivity contribution in [1.82, 2.24) is 0 Å². The molecule has 7 rings (SSSR count). The van der Waals surface area contributed by atoms with Crippen LogP contribution in [0.4, 0.5) is 0 Å². The number of methoxy groups -OCH3 is 1. The Bertz CT molecular complexity index is 1290. The molecule has 0 aromatic rings. The van der Waals surface area contributed by atoms with Gasteiger partial charge < -0.3 is 34.3 Å². The zero-order valence-electron chi connectivity index (χ0n) is 23.2. The number of ketones is 2. The van der Waals surface area contributed by atoms with E-state index in [0.29, 0.717) is 0 Å². The van der Waals surface area contributed by atoms with Gasteiger partial charge in [-0.1, -0.05) is 26.8 Å². The van der Waals surface area contributed by atoms with Gasteiger partial charge in [0.2, 0.25) is 5.79 Å². The summed E-state index contributed by atoms with van der Waals surface area (Å²) < 4.78 is 23.7. The summed E-state index contributed by atoms with van der Waals surface area (Å²) >= 11 is 0. The van der Waals surface area contributed by atoms with Crippen LogP contribution in [-0.2, 0) is 38.1 Å². The molecule has 0 radical (unpaired) electrons. The molecule has 3 aliphatic carbocycles. The fraction of sp³-hybridized carbons (Fsp3) is 0.793. The molecule has 4 heterocycles. The average molecular weight is 561 g/mol. The second-order valence-electron chi connectivity index (χ2n) is 13.8. The fourth-order valence-corrected chi connectivity index (χ4v) is 10.3. The van der Waals surface area contributed by atoms with Crippen molar-refractivity contribution in [1.29, 1.82) is 0 Å². The van der Waals surface area contributed by atoms with E-state index in [4.69, 9.17) is 18.9 Å². The molecule has 14 atom stereocenters. The third-order valence-corrected chi connectivity index (χ3v) is 12.6. The molecule has 0 aromatic heterocycles. The van der Waals surface area contributed by atoms with Gasteiger partial charge in [-0.15, -0.1) is 0 Å². The SMILES string of the molecule is CO[C@@H]1C=CC(=O)[C@]2(C)C3CCC4(O)C(=O)O[C@@]5(C)[C@H]6C[C@@](C)(C7C(=O)[C@](O)(O[C@]745)C3CC(O)C12)[C@@H](C)C(=O)O6. The third kappa shape index (κ3) is 2.46. The van der Waals surface area contributed by atoms with Crippen molar-refractivity contribution < 1.29 is 53.4 Å². The average Bonchev–Trinajstić information content (AvgIpc) is 3.25. The van der Waals surface area contributed by atoms with Crippen LogP contribution in [0.25, 0.3) is 0 Å².